The first-order valence-corrected chi connectivity index (χ1v) is 25.4. The Kier molecular flexibility index (Phi) is 38.2. The summed E-state index contributed by atoms with van der Waals surface area (Å²) in [7, 11) is 0. The van der Waals surface area contributed by atoms with Crippen molar-refractivity contribution in [1.82, 2.24) is 37.2 Å². The maximum Gasteiger partial charge on any atom is 0.305 e. The van der Waals surface area contributed by atoms with Crippen molar-refractivity contribution in [2.45, 2.75) is 159 Å². The zero-order valence-corrected chi connectivity index (χ0v) is 43.0. The van der Waals surface area contributed by atoms with E-state index < -0.39 is 42.0 Å². The van der Waals surface area contributed by atoms with Gasteiger partial charge in [0.15, 0.2) is 23.8 Å². The fourth-order valence-electron chi connectivity index (χ4n) is 6.94. The number of nitrogens with zero attached hydrogens (tertiary/aromatic N) is 4. The molecule has 0 heterocycles. The smallest absolute Gasteiger partial charge is 0.305 e. The number of amides is 7. The summed E-state index contributed by atoms with van der Waals surface area (Å²) in [5.74, 6) is -4.09. The minimum atomic E-state index is -1.02. The molecular formula is C45H88N20O9. The first kappa shape index (κ1) is 66.8. The van der Waals surface area contributed by atoms with Gasteiger partial charge in [-0.15, -0.1) is 0 Å². The highest BCUT2D eigenvalue weighted by molar-refractivity contribution is 5.92. The highest BCUT2D eigenvalue weighted by atomic mass is 16.4. The van der Waals surface area contributed by atoms with Crippen molar-refractivity contribution in [3.05, 3.63) is 0 Å². The fourth-order valence-corrected chi connectivity index (χ4v) is 6.94. The summed E-state index contributed by atoms with van der Waals surface area (Å²) in [6.07, 6.45) is 7.89. The Hall–Kier alpha value is -7.20. The van der Waals surface area contributed by atoms with Gasteiger partial charge in [-0.3, -0.25) is 58.3 Å². The summed E-state index contributed by atoms with van der Waals surface area (Å²) in [6.45, 7) is 1.99. The Morgan fingerprint density at radius 1 is 0.351 bits per heavy atom. The molecular weight excluding hydrogens is 965 g/mol. The van der Waals surface area contributed by atoms with Crippen molar-refractivity contribution in [3.63, 3.8) is 0 Å². The van der Waals surface area contributed by atoms with Gasteiger partial charge in [-0.25, -0.2) is 0 Å². The monoisotopic (exact) mass is 1050 g/mol. The molecule has 0 aliphatic rings. The summed E-state index contributed by atoms with van der Waals surface area (Å²) in [4.78, 5) is 117. The molecule has 0 spiro atoms. The second-order valence-electron chi connectivity index (χ2n) is 17.5. The van der Waals surface area contributed by atoms with Crippen molar-refractivity contribution < 1.29 is 43.5 Å². The van der Waals surface area contributed by atoms with E-state index in [0.29, 0.717) is 110 Å². The average molecular weight is 1050 g/mol. The molecule has 7 amide bonds. The zero-order chi connectivity index (χ0) is 55.5. The van der Waals surface area contributed by atoms with Gasteiger partial charge < -0.3 is 93.9 Å². The minimum absolute atomic E-state index is 0.0294. The van der Waals surface area contributed by atoms with Crippen LogP contribution in [0.4, 0.5) is 0 Å². The molecule has 0 saturated heterocycles. The van der Waals surface area contributed by atoms with Crippen LogP contribution in [0.1, 0.15) is 135 Å². The molecule has 0 aliphatic heterocycles. The third-order valence-corrected chi connectivity index (χ3v) is 10.9. The Labute approximate surface area is 433 Å². The number of nitrogens with one attached hydrogen (secondary N) is 7. The first-order valence-electron chi connectivity index (χ1n) is 25.4. The van der Waals surface area contributed by atoms with Crippen LogP contribution < -0.4 is 88.8 Å². The summed E-state index contributed by atoms with van der Waals surface area (Å²) in [6, 6.07) is -3.59. The number of rotatable bonds is 44. The highest BCUT2D eigenvalue weighted by Crippen LogP contribution is 2.08. The quantitative estimate of drug-likeness (QED) is 0.0156. The second kappa shape index (κ2) is 42.3. The van der Waals surface area contributed by atoms with E-state index in [9.17, 15) is 38.4 Å². The van der Waals surface area contributed by atoms with Crippen LogP contribution in [-0.2, 0) is 38.4 Å². The fraction of sp³-hybridized carbons (Fsp3) is 0.733. The van der Waals surface area contributed by atoms with Gasteiger partial charge in [0.1, 0.15) is 18.1 Å². The summed E-state index contributed by atoms with van der Waals surface area (Å²) >= 11 is 0. The van der Waals surface area contributed by atoms with Crippen LogP contribution in [0.3, 0.4) is 0 Å². The van der Waals surface area contributed by atoms with Gasteiger partial charge in [-0.05, 0) is 89.9 Å². The first-order chi connectivity index (χ1) is 35.2. The van der Waals surface area contributed by atoms with Gasteiger partial charge in [0.25, 0.3) is 0 Å². The molecule has 0 unspecified atom stereocenters. The normalized spacial score (nSPS) is 12.2. The van der Waals surface area contributed by atoms with Crippen LogP contribution >= 0.6 is 0 Å². The largest absolute Gasteiger partial charge is 0.481 e. The predicted molar refractivity (Wildman–Crippen MR) is 283 cm³/mol. The Bertz CT molecular complexity index is 1820. The number of carbonyl (C=O) groups is 8. The molecule has 74 heavy (non-hydrogen) atoms. The van der Waals surface area contributed by atoms with Gasteiger partial charge in [-0.1, -0.05) is 19.3 Å². The standard InChI is InChI=1S/C45H88N20O9/c46-30(14-10-25-59-42(47)48)38(71)56-22-7-2-5-20-36(68)64-33(17-13-28-62-45(53)54)41(74)65-32(16-12-27-61-44(51)52)40(73)58-24-9-3-6-19-35(67)63-31(15-11-26-60-43(49)50)39(72)57-23-8-1-4-18-34(66)55-29-21-37(69)70/h30-33H,1-29,46H2,(H,55,66)(H,56,71)(H,57,72)(H,58,73)(H,63,67)(H,64,68)(H,65,74)(H,69,70)(H4,47,48,59)(H4,49,50,60)(H4,51,52,61)(H4,53,54,62)/t30-,31-,32-,33-/m0/s1. The van der Waals surface area contributed by atoms with Crippen molar-refractivity contribution in [2.75, 3.05) is 52.4 Å². The van der Waals surface area contributed by atoms with E-state index in [1.54, 1.807) is 0 Å². The summed E-state index contributed by atoms with van der Waals surface area (Å²) in [5, 5.41) is 28.0. The number of guanidine groups is 4. The predicted octanol–water partition coefficient (Wildman–Crippen LogP) is -4.40. The molecule has 0 radical (unpaired) electrons. The maximum atomic E-state index is 13.7. The number of hydrogen-bond acceptors (Lipinski definition) is 13. The molecule has 0 aromatic heterocycles. The van der Waals surface area contributed by atoms with Gasteiger partial charge in [0.2, 0.25) is 41.4 Å². The third-order valence-electron chi connectivity index (χ3n) is 10.9. The molecule has 0 fully saturated rings. The molecule has 422 valence electrons. The molecule has 0 aliphatic carbocycles. The van der Waals surface area contributed by atoms with E-state index in [4.69, 9.17) is 56.7 Å². The van der Waals surface area contributed by atoms with Crippen LogP contribution in [0, 0.1) is 0 Å². The molecule has 0 rings (SSSR count). The van der Waals surface area contributed by atoms with Crippen LogP contribution in [0.5, 0.6) is 0 Å². The van der Waals surface area contributed by atoms with Crippen LogP contribution in [0.15, 0.2) is 20.0 Å². The lowest BCUT2D eigenvalue weighted by atomic mass is 10.1. The lowest BCUT2D eigenvalue weighted by Crippen LogP contribution is -2.54. The van der Waals surface area contributed by atoms with E-state index in [1.807, 2.05) is 0 Å². The molecule has 0 bridgehead atoms. The van der Waals surface area contributed by atoms with Crippen molar-refractivity contribution >= 4 is 71.2 Å². The van der Waals surface area contributed by atoms with Crippen LogP contribution in [-0.4, -0.2) is 153 Å². The van der Waals surface area contributed by atoms with Gasteiger partial charge in [0.05, 0.1) is 12.5 Å². The number of nitrogens with two attached hydrogens (primary N) is 9. The number of aliphatic carboxylic acids is 1. The van der Waals surface area contributed by atoms with E-state index in [1.165, 1.54) is 0 Å². The number of hydrogen-bond donors (Lipinski definition) is 17. The minimum Gasteiger partial charge on any atom is -0.481 e. The Morgan fingerprint density at radius 2 is 0.689 bits per heavy atom. The molecule has 29 nitrogen and oxygen atoms in total. The molecule has 4 atom stereocenters. The summed E-state index contributed by atoms with van der Waals surface area (Å²) < 4.78 is 0. The van der Waals surface area contributed by atoms with E-state index in [-0.39, 0.29) is 131 Å². The number of carbonyl (C=O) groups excluding carboxylic acids is 7. The van der Waals surface area contributed by atoms with E-state index in [0.717, 1.165) is 0 Å². The molecule has 0 saturated carbocycles. The lowest BCUT2D eigenvalue weighted by Gasteiger charge is -2.23. The molecule has 26 N–H and O–H groups in total. The Balaban J connectivity index is 5.27. The van der Waals surface area contributed by atoms with Crippen molar-refractivity contribution in [3.8, 4) is 0 Å². The van der Waals surface area contributed by atoms with Crippen LogP contribution in [0.2, 0.25) is 0 Å². The van der Waals surface area contributed by atoms with Crippen molar-refractivity contribution in [2.24, 2.45) is 71.6 Å². The SMILES string of the molecule is NC(N)=NCCC[C@H](NC(=O)CCCCCNC(=O)[C@H](CCCN=C(N)N)NC(=O)[C@H](CCCN=C(N)N)NC(=O)CCCCCNC(=O)[C@@H](N)CCCN=C(N)N)C(=O)NCCCCCC(=O)NCCC(=O)O. The van der Waals surface area contributed by atoms with Crippen molar-refractivity contribution in [1.29, 1.82) is 0 Å². The Morgan fingerprint density at radius 3 is 1.07 bits per heavy atom. The van der Waals surface area contributed by atoms with Crippen LogP contribution in [0.25, 0.3) is 0 Å². The second-order valence-corrected chi connectivity index (χ2v) is 17.5. The topological polar surface area (TPSA) is 525 Å². The number of carboxylic acid groups (broad SMARTS) is 1. The van der Waals surface area contributed by atoms with Gasteiger partial charge >= 0.3 is 5.97 Å². The maximum absolute atomic E-state index is 13.7. The molecule has 29 heteroatoms. The van der Waals surface area contributed by atoms with Gasteiger partial charge in [-0.2, -0.15) is 0 Å². The molecule has 0 aromatic carbocycles. The van der Waals surface area contributed by atoms with E-state index in [2.05, 4.69) is 57.2 Å². The molecule has 0 aromatic rings. The lowest BCUT2D eigenvalue weighted by molar-refractivity contribution is -0.137. The van der Waals surface area contributed by atoms with Gasteiger partial charge in [0, 0.05) is 71.6 Å². The zero-order valence-electron chi connectivity index (χ0n) is 43.0. The average Bonchev–Trinajstić information content (AvgIpc) is 3.33. The number of unbranched alkanes of at least 4 members (excludes halogenated alkanes) is 6. The highest BCUT2D eigenvalue weighted by Gasteiger charge is 2.27. The third kappa shape index (κ3) is 39.4. The van der Waals surface area contributed by atoms with E-state index >= 15 is 0 Å². The number of carboxylic acids is 1. The number of aliphatic imine (C=N–C) groups is 4. The summed E-state index contributed by atoms with van der Waals surface area (Å²) in [5.41, 5.74) is 49.3.